The van der Waals surface area contributed by atoms with Gasteiger partial charge in [-0.3, -0.25) is 14.5 Å². The molecular formula is C23H23NO3. The standard InChI is InChI=1S/C23H23NO3/c1-15(16-9-5-3-6-10-16)24-14-18-13-19(25)20(17-11-7-4-8-12-17)21(18)22(24)23(26)27-2/h3-13,15,20-22H,14H2,1-2H3/t15-,20+,21+,22-/m0/s1. The van der Waals surface area contributed by atoms with Crippen molar-refractivity contribution in [2.75, 3.05) is 13.7 Å². The van der Waals surface area contributed by atoms with E-state index in [0.717, 1.165) is 16.7 Å². The van der Waals surface area contributed by atoms with Crippen LogP contribution >= 0.6 is 0 Å². The maximum Gasteiger partial charge on any atom is 0.323 e. The average molecular weight is 361 g/mol. The SMILES string of the molecule is COC(=O)[C@@H]1[C@@H]2C(=CC(=O)[C@H]2c2ccccc2)CN1[C@@H](C)c1ccccc1. The van der Waals surface area contributed by atoms with Gasteiger partial charge in [0, 0.05) is 18.5 Å². The van der Waals surface area contributed by atoms with Gasteiger partial charge in [-0.15, -0.1) is 0 Å². The van der Waals surface area contributed by atoms with E-state index in [1.807, 2.05) is 48.5 Å². The van der Waals surface area contributed by atoms with Gasteiger partial charge in [-0.1, -0.05) is 60.7 Å². The summed E-state index contributed by atoms with van der Waals surface area (Å²) in [4.78, 5) is 27.7. The number of hydrogen-bond acceptors (Lipinski definition) is 4. The second-order valence-electron chi connectivity index (χ2n) is 7.26. The molecule has 4 heteroatoms. The van der Waals surface area contributed by atoms with Crippen LogP contribution in [0, 0.1) is 5.92 Å². The van der Waals surface area contributed by atoms with E-state index in [2.05, 4.69) is 24.0 Å². The highest BCUT2D eigenvalue weighted by atomic mass is 16.5. The van der Waals surface area contributed by atoms with Gasteiger partial charge in [-0.25, -0.2) is 0 Å². The number of esters is 1. The lowest BCUT2D eigenvalue weighted by molar-refractivity contribution is -0.148. The van der Waals surface area contributed by atoms with Crippen LogP contribution in [0.2, 0.25) is 0 Å². The number of fused-ring (bicyclic) bond motifs is 1. The first-order valence-corrected chi connectivity index (χ1v) is 9.29. The maximum atomic E-state index is 12.8. The Morgan fingerprint density at radius 3 is 2.33 bits per heavy atom. The molecule has 0 unspecified atom stereocenters. The quantitative estimate of drug-likeness (QED) is 0.782. The van der Waals surface area contributed by atoms with Crippen molar-refractivity contribution in [1.29, 1.82) is 0 Å². The molecule has 0 amide bonds. The number of benzene rings is 2. The summed E-state index contributed by atoms with van der Waals surface area (Å²) in [5.74, 6) is -0.680. The highest BCUT2D eigenvalue weighted by Gasteiger charge is 2.53. The van der Waals surface area contributed by atoms with Gasteiger partial charge in [0.05, 0.1) is 13.0 Å². The zero-order valence-corrected chi connectivity index (χ0v) is 15.5. The van der Waals surface area contributed by atoms with E-state index >= 15 is 0 Å². The van der Waals surface area contributed by atoms with Crippen molar-refractivity contribution < 1.29 is 14.3 Å². The molecule has 1 aliphatic heterocycles. The first-order chi connectivity index (χ1) is 13.1. The zero-order valence-electron chi connectivity index (χ0n) is 15.5. The molecule has 0 spiro atoms. The van der Waals surface area contributed by atoms with Crippen LogP contribution in [0.25, 0.3) is 0 Å². The molecule has 2 aromatic carbocycles. The first-order valence-electron chi connectivity index (χ1n) is 9.29. The van der Waals surface area contributed by atoms with Crippen LogP contribution in [0.4, 0.5) is 0 Å². The van der Waals surface area contributed by atoms with Crippen molar-refractivity contribution in [3.63, 3.8) is 0 Å². The molecule has 27 heavy (non-hydrogen) atoms. The van der Waals surface area contributed by atoms with Crippen molar-refractivity contribution in [1.82, 2.24) is 4.90 Å². The van der Waals surface area contributed by atoms with Crippen LogP contribution in [-0.4, -0.2) is 36.3 Å². The molecule has 1 saturated heterocycles. The fourth-order valence-electron chi connectivity index (χ4n) is 4.55. The minimum atomic E-state index is -0.465. The Kier molecular flexibility index (Phi) is 4.66. The molecule has 4 atom stereocenters. The molecular weight excluding hydrogens is 338 g/mol. The summed E-state index contributed by atoms with van der Waals surface area (Å²) in [6, 6.07) is 19.5. The average Bonchev–Trinajstić information content (AvgIpc) is 3.22. The largest absolute Gasteiger partial charge is 0.468 e. The number of hydrogen-bond donors (Lipinski definition) is 0. The molecule has 0 bridgehead atoms. The number of ketones is 1. The number of carbonyl (C=O) groups is 2. The predicted molar refractivity (Wildman–Crippen MR) is 103 cm³/mol. The summed E-state index contributed by atoms with van der Waals surface area (Å²) in [6.45, 7) is 2.71. The number of carbonyl (C=O) groups excluding carboxylic acids is 2. The molecule has 1 aliphatic carbocycles. The normalized spacial score (nSPS) is 25.8. The van der Waals surface area contributed by atoms with Crippen molar-refractivity contribution in [3.8, 4) is 0 Å². The minimum Gasteiger partial charge on any atom is -0.468 e. The van der Waals surface area contributed by atoms with E-state index in [9.17, 15) is 9.59 Å². The topological polar surface area (TPSA) is 46.6 Å². The molecule has 4 rings (SSSR count). The lowest BCUT2D eigenvalue weighted by atomic mass is 9.82. The lowest BCUT2D eigenvalue weighted by Crippen LogP contribution is -2.43. The first kappa shape index (κ1) is 17.7. The Morgan fingerprint density at radius 2 is 1.70 bits per heavy atom. The van der Waals surface area contributed by atoms with Crippen LogP contribution in [0.3, 0.4) is 0 Å². The van der Waals surface area contributed by atoms with Gasteiger partial charge in [0.15, 0.2) is 5.78 Å². The van der Waals surface area contributed by atoms with E-state index in [0.29, 0.717) is 6.54 Å². The van der Waals surface area contributed by atoms with Crippen molar-refractivity contribution >= 4 is 11.8 Å². The highest BCUT2D eigenvalue weighted by Crippen LogP contribution is 2.48. The van der Waals surface area contributed by atoms with Gasteiger partial charge in [0.2, 0.25) is 0 Å². The van der Waals surface area contributed by atoms with Gasteiger partial charge in [-0.05, 0) is 29.7 Å². The predicted octanol–water partition coefficient (Wildman–Crippen LogP) is 3.51. The number of methoxy groups -OCH3 is 1. The van der Waals surface area contributed by atoms with E-state index in [-0.39, 0.29) is 29.6 Å². The fraction of sp³-hybridized carbons (Fsp3) is 0.304. The van der Waals surface area contributed by atoms with E-state index in [1.165, 1.54) is 7.11 Å². The van der Waals surface area contributed by atoms with Crippen molar-refractivity contribution in [2.45, 2.75) is 24.9 Å². The number of allylic oxidation sites excluding steroid dienone is 1. The molecule has 4 nitrogen and oxygen atoms in total. The van der Waals surface area contributed by atoms with Crippen LogP contribution < -0.4 is 0 Å². The van der Waals surface area contributed by atoms with Crippen molar-refractivity contribution in [2.24, 2.45) is 5.92 Å². The molecule has 0 radical (unpaired) electrons. The Morgan fingerprint density at radius 1 is 1.07 bits per heavy atom. The molecule has 1 fully saturated rings. The fourth-order valence-corrected chi connectivity index (χ4v) is 4.55. The van der Waals surface area contributed by atoms with Gasteiger partial charge < -0.3 is 4.74 Å². The third kappa shape index (κ3) is 3.00. The smallest absolute Gasteiger partial charge is 0.323 e. The number of ether oxygens (including phenoxy) is 1. The lowest BCUT2D eigenvalue weighted by Gasteiger charge is -2.32. The monoisotopic (exact) mass is 361 g/mol. The third-order valence-corrected chi connectivity index (χ3v) is 5.86. The Labute approximate surface area is 159 Å². The van der Waals surface area contributed by atoms with Gasteiger partial charge in [0.1, 0.15) is 6.04 Å². The molecule has 0 aromatic heterocycles. The zero-order chi connectivity index (χ0) is 19.0. The van der Waals surface area contributed by atoms with E-state index in [4.69, 9.17) is 4.74 Å². The van der Waals surface area contributed by atoms with Gasteiger partial charge >= 0.3 is 5.97 Å². The van der Waals surface area contributed by atoms with E-state index < -0.39 is 6.04 Å². The minimum absolute atomic E-state index is 0.0494. The second kappa shape index (κ2) is 7.12. The number of rotatable bonds is 4. The molecule has 2 aliphatic rings. The molecule has 1 heterocycles. The maximum absolute atomic E-state index is 12.8. The summed E-state index contributed by atoms with van der Waals surface area (Å²) >= 11 is 0. The van der Waals surface area contributed by atoms with Crippen LogP contribution in [0.5, 0.6) is 0 Å². The summed E-state index contributed by atoms with van der Waals surface area (Å²) in [7, 11) is 1.42. The molecule has 138 valence electrons. The Hall–Kier alpha value is -2.72. The van der Waals surface area contributed by atoms with Crippen LogP contribution in [-0.2, 0) is 14.3 Å². The summed E-state index contributed by atoms with van der Waals surface area (Å²) in [6.07, 6.45) is 1.75. The Bertz CT molecular complexity index is 875. The Balaban J connectivity index is 1.73. The number of likely N-dealkylation sites (tertiary alicyclic amines) is 1. The van der Waals surface area contributed by atoms with Crippen LogP contribution in [0.15, 0.2) is 72.3 Å². The van der Waals surface area contributed by atoms with Crippen LogP contribution in [0.1, 0.15) is 30.0 Å². The van der Waals surface area contributed by atoms with Gasteiger partial charge in [0.25, 0.3) is 0 Å². The molecule has 0 saturated carbocycles. The highest BCUT2D eigenvalue weighted by molar-refractivity contribution is 6.01. The summed E-state index contributed by atoms with van der Waals surface area (Å²) in [5.41, 5.74) is 3.14. The second-order valence-corrected chi connectivity index (χ2v) is 7.26. The molecule has 2 aromatic rings. The summed E-state index contributed by atoms with van der Waals surface area (Å²) < 4.78 is 5.16. The summed E-state index contributed by atoms with van der Waals surface area (Å²) in [5, 5.41) is 0. The van der Waals surface area contributed by atoms with Crippen molar-refractivity contribution in [3.05, 3.63) is 83.4 Å². The third-order valence-electron chi connectivity index (χ3n) is 5.86. The molecule has 0 N–H and O–H groups in total. The van der Waals surface area contributed by atoms with E-state index in [1.54, 1.807) is 6.08 Å². The van der Waals surface area contributed by atoms with Gasteiger partial charge in [-0.2, -0.15) is 0 Å². The number of nitrogens with zero attached hydrogens (tertiary/aromatic N) is 1.